The van der Waals surface area contributed by atoms with Gasteiger partial charge in [-0.25, -0.2) is 4.98 Å². The number of benzene rings is 1. The molecule has 9 heteroatoms. The van der Waals surface area contributed by atoms with E-state index in [-0.39, 0.29) is 18.3 Å². The number of fused-ring (bicyclic) bond motifs is 1. The Morgan fingerprint density at radius 1 is 1.15 bits per heavy atom. The maximum absolute atomic E-state index is 12.6. The second kappa shape index (κ2) is 6.25. The molecule has 0 amide bonds. The van der Waals surface area contributed by atoms with Crippen molar-refractivity contribution in [1.82, 2.24) is 15.1 Å². The number of hydrogen-bond acceptors (Lipinski definition) is 6. The Labute approximate surface area is 145 Å². The monoisotopic (exact) mass is 360 g/mol. The minimum absolute atomic E-state index is 0.185. The summed E-state index contributed by atoms with van der Waals surface area (Å²) in [4.78, 5) is 11.9. The Hall–Kier alpha value is -3.23. The summed E-state index contributed by atoms with van der Waals surface area (Å²) in [6.45, 7) is 0.227. The second-order valence-electron chi connectivity index (χ2n) is 5.58. The van der Waals surface area contributed by atoms with E-state index in [4.69, 9.17) is 4.74 Å². The van der Waals surface area contributed by atoms with Crippen molar-refractivity contribution in [2.24, 2.45) is 4.99 Å². The molecule has 0 fully saturated rings. The Morgan fingerprint density at radius 2 is 2.00 bits per heavy atom. The van der Waals surface area contributed by atoms with Crippen LogP contribution in [0.5, 0.6) is 5.88 Å². The van der Waals surface area contributed by atoms with Crippen LogP contribution >= 0.6 is 0 Å². The molecule has 0 unspecified atom stereocenters. The van der Waals surface area contributed by atoms with Gasteiger partial charge < -0.3 is 9.26 Å². The van der Waals surface area contributed by atoms with Gasteiger partial charge in [0.15, 0.2) is 0 Å². The highest BCUT2D eigenvalue weighted by Crippen LogP contribution is 2.30. The van der Waals surface area contributed by atoms with Crippen LogP contribution in [0.4, 0.5) is 18.9 Å². The van der Waals surface area contributed by atoms with Crippen LogP contribution in [0.2, 0.25) is 0 Å². The van der Waals surface area contributed by atoms with Crippen LogP contribution in [0, 0.1) is 0 Å². The number of hydrogen-bond donors (Lipinski definition) is 0. The molecule has 0 radical (unpaired) electrons. The molecule has 1 aromatic carbocycles. The minimum Gasteiger partial charge on any atom is -0.471 e. The van der Waals surface area contributed by atoms with Gasteiger partial charge in [0.05, 0.1) is 11.4 Å². The van der Waals surface area contributed by atoms with E-state index >= 15 is 0 Å². The average molecular weight is 360 g/mol. The smallest absolute Gasteiger partial charge is 0.471 e. The van der Waals surface area contributed by atoms with Crippen LogP contribution < -0.4 is 4.74 Å². The van der Waals surface area contributed by atoms with Crippen molar-refractivity contribution >= 4 is 11.4 Å². The lowest BCUT2D eigenvalue weighted by atomic mass is 10.1. The Kier molecular flexibility index (Phi) is 3.90. The first-order chi connectivity index (χ1) is 12.5. The van der Waals surface area contributed by atoms with E-state index < -0.39 is 12.1 Å². The predicted molar refractivity (Wildman–Crippen MR) is 85.3 cm³/mol. The van der Waals surface area contributed by atoms with Crippen LogP contribution in [0.3, 0.4) is 0 Å². The van der Waals surface area contributed by atoms with E-state index in [2.05, 4.69) is 24.6 Å². The first-order valence-corrected chi connectivity index (χ1v) is 7.63. The molecule has 1 aliphatic heterocycles. The van der Waals surface area contributed by atoms with E-state index in [1.807, 2.05) is 24.3 Å². The zero-order valence-corrected chi connectivity index (χ0v) is 13.2. The fourth-order valence-corrected chi connectivity index (χ4v) is 2.52. The topological polar surface area (TPSA) is 73.4 Å². The average Bonchev–Trinajstić information content (AvgIpc) is 3.26. The predicted octanol–water partition coefficient (Wildman–Crippen LogP) is 3.86. The maximum atomic E-state index is 12.6. The number of halogens is 3. The molecule has 132 valence electrons. The molecule has 0 atom stereocenters. The first-order valence-electron chi connectivity index (χ1n) is 7.63. The van der Waals surface area contributed by atoms with Gasteiger partial charge in [0.25, 0.3) is 0 Å². The van der Waals surface area contributed by atoms with Crippen molar-refractivity contribution < 1.29 is 22.4 Å². The zero-order valence-electron chi connectivity index (χ0n) is 13.2. The SMILES string of the molecule is FC(F)(F)c1nc(-c2ccnc(OCC3=Nc4ccccc4C3)c2)no1. The number of pyridine rings is 1. The van der Waals surface area contributed by atoms with Crippen LogP contribution in [0.25, 0.3) is 11.4 Å². The molecule has 0 aliphatic carbocycles. The van der Waals surface area contributed by atoms with E-state index in [1.54, 1.807) is 0 Å². The lowest BCUT2D eigenvalue weighted by Gasteiger charge is -2.05. The summed E-state index contributed by atoms with van der Waals surface area (Å²) in [7, 11) is 0. The van der Waals surface area contributed by atoms with E-state index in [0.29, 0.717) is 12.0 Å². The van der Waals surface area contributed by atoms with Crippen LogP contribution in [-0.2, 0) is 12.6 Å². The Balaban J connectivity index is 1.46. The highest BCUT2D eigenvalue weighted by molar-refractivity contribution is 5.95. The van der Waals surface area contributed by atoms with Gasteiger partial charge in [-0.3, -0.25) is 4.99 Å². The third kappa shape index (κ3) is 3.28. The fourth-order valence-electron chi connectivity index (χ4n) is 2.52. The van der Waals surface area contributed by atoms with Crippen LogP contribution in [0.15, 0.2) is 52.1 Å². The number of para-hydroxylation sites is 1. The number of ether oxygens (including phenoxy) is 1. The van der Waals surface area contributed by atoms with Crippen molar-refractivity contribution in [1.29, 1.82) is 0 Å². The third-order valence-electron chi connectivity index (χ3n) is 3.71. The molecule has 0 spiro atoms. The molecule has 3 heterocycles. The largest absolute Gasteiger partial charge is 0.471 e. The van der Waals surface area contributed by atoms with Gasteiger partial charge in [0.2, 0.25) is 11.7 Å². The summed E-state index contributed by atoms with van der Waals surface area (Å²) in [5.41, 5.74) is 3.20. The zero-order chi connectivity index (χ0) is 18.1. The molecule has 0 saturated heterocycles. The minimum atomic E-state index is -4.69. The molecule has 2 aromatic heterocycles. The number of alkyl halides is 3. The highest BCUT2D eigenvalue weighted by atomic mass is 19.4. The highest BCUT2D eigenvalue weighted by Gasteiger charge is 2.38. The summed E-state index contributed by atoms with van der Waals surface area (Å²) < 4.78 is 47.5. The van der Waals surface area contributed by atoms with Crippen molar-refractivity contribution in [2.45, 2.75) is 12.6 Å². The summed E-state index contributed by atoms with van der Waals surface area (Å²) in [6, 6.07) is 10.7. The van der Waals surface area contributed by atoms with Gasteiger partial charge in [0.1, 0.15) is 6.61 Å². The van der Waals surface area contributed by atoms with Crippen molar-refractivity contribution in [2.75, 3.05) is 6.61 Å². The van der Waals surface area contributed by atoms with E-state index in [9.17, 15) is 13.2 Å². The lowest BCUT2D eigenvalue weighted by Crippen LogP contribution is -2.11. The molecular formula is C17H11F3N4O2. The molecule has 6 nitrogen and oxygen atoms in total. The van der Waals surface area contributed by atoms with Gasteiger partial charge >= 0.3 is 12.1 Å². The lowest BCUT2D eigenvalue weighted by molar-refractivity contribution is -0.159. The molecule has 0 bridgehead atoms. The number of aliphatic imine (C=N–C) groups is 1. The maximum Gasteiger partial charge on any atom is 0.471 e. The summed E-state index contributed by atoms with van der Waals surface area (Å²) in [5.74, 6) is -1.35. The number of rotatable bonds is 4. The summed E-state index contributed by atoms with van der Waals surface area (Å²) in [6.07, 6.45) is -2.59. The number of nitrogens with zero attached hydrogens (tertiary/aromatic N) is 4. The third-order valence-corrected chi connectivity index (χ3v) is 3.71. The van der Waals surface area contributed by atoms with Crippen molar-refractivity contribution in [3.8, 4) is 17.3 Å². The molecule has 4 rings (SSSR count). The van der Waals surface area contributed by atoms with Gasteiger partial charge in [-0.15, -0.1) is 0 Å². The molecule has 0 N–H and O–H groups in total. The van der Waals surface area contributed by atoms with Gasteiger partial charge in [-0.2, -0.15) is 18.2 Å². The van der Waals surface area contributed by atoms with Crippen LogP contribution in [0.1, 0.15) is 11.5 Å². The Morgan fingerprint density at radius 3 is 2.77 bits per heavy atom. The number of aromatic nitrogens is 3. The quantitative estimate of drug-likeness (QED) is 0.706. The Bertz CT molecular complexity index is 982. The normalized spacial score (nSPS) is 13.4. The molecule has 1 aliphatic rings. The van der Waals surface area contributed by atoms with Gasteiger partial charge in [-0.05, 0) is 17.7 Å². The fraction of sp³-hybridized carbons (Fsp3) is 0.176. The summed E-state index contributed by atoms with van der Waals surface area (Å²) >= 11 is 0. The van der Waals surface area contributed by atoms with E-state index in [0.717, 1.165) is 17.0 Å². The second-order valence-corrected chi connectivity index (χ2v) is 5.58. The molecule has 0 saturated carbocycles. The molecular weight excluding hydrogens is 349 g/mol. The summed E-state index contributed by atoms with van der Waals surface area (Å²) in [5, 5.41) is 3.35. The molecule has 26 heavy (non-hydrogen) atoms. The molecule has 3 aromatic rings. The van der Waals surface area contributed by atoms with Crippen molar-refractivity contribution in [3.05, 3.63) is 54.0 Å². The van der Waals surface area contributed by atoms with Crippen molar-refractivity contribution in [3.63, 3.8) is 0 Å². The van der Waals surface area contributed by atoms with Crippen LogP contribution in [-0.4, -0.2) is 27.4 Å². The van der Waals surface area contributed by atoms with E-state index in [1.165, 1.54) is 18.3 Å². The first kappa shape index (κ1) is 16.2. The van der Waals surface area contributed by atoms with Gasteiger partial charge in [-0.1, -0.05) is 23.4 Å². The van der Waals surface area contributed by atoms with Gasteiger partial charge in [0, 0.05) is 24.2 Å². The standard InChI is InChI=1S/C17H11F3N4O2/c18-17(19,20)16-23-15(24-26-16)11-5-6-21-14(8-11)25-9-12-7-10-3-1-2-4-13(10)22-12/h1-6,8H,7,9H2.